The summed E-state index contributed by atoms with van der Waals surface area (Å²) in [4.78, 5) is 24.3. The molecule has 0 aliphatic heterocycles. The van der Waals surface area contributed by atoms with Crippen molar-refractivity contribution in [3.63, 3.8) is 0 Å². The van der Waals surface area contributed by atoms with Crippen molar-refractivity contribution >= 4 is 5.91 Å². The molecule has 1 heterocycles. The topological polar surface area (TPSA) is 80.6 Å². The van der Waals surface area contributed by atoms with Crippen LogP contribution in [-0.4, -0.2) is 22.7 Å². The van der Waals surface area contributed by atoms with Crippen LogP contribution in [0, 0.1) is 6.92 Å². The van der Waals surface area contributed by atoms with E-state index in [1.54, 1.807) is 31.4 Å². The van der Waals surface area contributed by atoms with E-state index in [2.05, 4.69) is 12.2 Å². The highest BCUT2D eigenvalue weighted by molar-refractivity contribution is 5.94. The van der Waals surface area contributed by atoms with Crippen molar-refractivity contribution < 1.29 is 14.6 Å². The zero-order valence-corrected chi connectivity index (χ0v) is 15.5. The highest BCUT2D eigenvalue weighted by Gasteiger charge is 2.14. The Labute approximate surface area is 153 Å². The monoisotopic (exact) mass is 358 g/mol. The maximum atomic E-state index is 12.3. The number of pyridine rings is 1. The number of carbonyl (C=O) groups excluding carboxylic acids is 1. The van der Waals surface area contributed by atoms with E-state index in [0.717, 1.165) is 25.0 Å². The molecule has 0 unspecified atom stereocenters. The van der Waals surface area contributed by atoms with Gasteiger partial charge in [0.25, 0.3) is 5.91 Å². The number of rotatable bonds is 8. The van der Waals surface area contributed by atoms with Gasteiger partial charge < -0.3 is 19.7 Å². The molecule has 6 heteroatoms. The van der Waals surface area contributed by atoms with Crippen molar-refractivity contribution in [2.45, 2.75) is 46.2 Å². The number of benzene rings is 1. The van der Waals surface area contributed by atoms with Gasteiger partial charge in [0.1, 0.15) is 5.75 Å². The number of aromatic nitrogens is 1. The van der Waals surface area contributed by atoms with Crippen LogP contribution >= 0.6 is 0 Å². The fraction of sp³-hybridized carbons (Fsp3) is 0.400. The Hall–Kier alpha value is -2.76. The molecular weight excluding hydrogens is 332 g/mol. The lowest BCUT2D eigenvalue weighted by Gasteiger charge is -2.18. The number of aryl methyl sites for hydroxylation is 1. The third-order valence-electron chi connectivity index (χ3n) is 4.35. The van der Waals surface area contributed by atoms with E-state index in [1.165, 1.54) is 6.07 Å². The van der Waals surface area contributed by atoms with Crippen molar-refractivity contribution in [1.29, 1.82) is 0 Å². The first-order valence-electron chi connectivity index (χ1n) is 8.82. The van der Waals surface area contributed by atoms with Gasteiger partial charge in [0.05, 0.1) is 19.3 Å². The number of hydrogen-bond acceptors (Lipinski definition) is 4. The number of methoxy groups -OCH3 is 1. The van der Waals surface area contributed by atoms with Crippen LogP contribution in [0.2, 0.25) is 0 Å². The summed E-state index contributed by atoms with van der Waals surface area (Å²) in [7, 11) is 1.56. The molecule has 0 saturated carbocycles. The number of nitrogens with one attached hydrogen (secondary N) is 1. The molecule has 140 valence electrons. The number of nitrogens with zero attached hydrogens (tertiary/aromatic N) is 1. The molecule has 0 fully saturated rings. The number of unbranched alkanes of at least 4 members (excludes halogenated alkanes) is 2. The minimum Gasteiger partial charge on any atom is -0.503 e. The summed E-state index contributed by atoms with van der Waals surface area (Å²) in [5, 5.41) is 13.0. The van der Waals surface area contributed by atoms with E-state index in [9.17, 15) is 14.7 Å². The predicted molar refractivity (Wildman–Crippen MR) is 101 cm³/mol. The maximum Gasteiger partial charge on any atom is 0.251 e. The maximum absolute atomic E-state index is 12.3. The fourth-order valence-electron chi connectivity index (χ4n) is 2.84. The lowest BCUT2D eigenvalue weighted by Crippen LogP contribution is -2.27. The Balaban J connectivity index is 2.18. The second-order valence-corrected chi connectivity index (χ2v) is 6.22. The summed E-state index contributed by atoms with van der Waals surface area (Å²) in [6.45, 7) is 4.73. The van der Waals surface area contributed by atoms with Crippen LogP contribution in [0.25, 0.3) is 0 Å². The molecule has 6 nitrogen and oxygen atoms in total. The third-order valence-corrected chi connectivity index (χ3v) is 4.35. The second kappa shape index (κ2) is 9.08. The Morgan fingerprint density at radius 3 is 2.54 bits per heavy atom. The molecule has 1 amide bonds. The van der Waals surface area contributed by atoms with Crippen LogP contribution in [0.15, 0.2) is 35.1 Å². The van der Waals surface area contributed by atoms with Crippen LogP contribution < -0.4 is 15.5 Å². The van der Waals surface area contributed by atoms with Crippen LogP contribution in [0.4, 0.5) is 0 Å². The molecule has 0 aliphatic rings. The van der Waals surface area contributed by atoms with Gasteiger partial charge in [0, 0.05) is 23.9 Å². The average Bonchev–Trinajstić information content (AvgIpc) is 2.65. The van der Waals surface area contributed by atoms with Gasteiger partial charge in [-0.15, -0.1) is 0 Å². The SMILES string of the molecule is CCCCCn1c(C)cc(=O)c(O)c1CNC(=O)c1ccc(OC)cc1. The first-order chi connectivity index (χ1) is 12.5. The summed E-state index contributed by atoms with van der Waals surface area (Å²) in [6.07, 6.45) is 3.08. The normalized spacial score (nSPS) is 10.6. The van der Waals surface area contributed by atoms with Gasteiger partial charge in [-0.25, -0.2) is 0 Å². The Morgan fingerprint density at radius 1 is 1.23 bits per heavy atom. The van der Waals surface area contributed by atoms with Crippen LogP contribution in [0.3, 0.4) is 0 Å². The van der Waals surface area contributed by atoms with Gasteiger partial charge in [0.2, 0.25) is 5.43 Å². The van der Waals surface area contributed by atoms with Gasteiger partial charge >= 0.3 is 0 Å². The first kappa shape index (κ1) is 19.6. The van der Waals surface area contributed by atoms with Gasteiger partial charge in [-0.05, 0) is 37.6 Å². The standard InChI is InChI=1S/C20H26N2O4/c1-4-5-6-11-22-14(2)12-18(23)19(24)17(22)13-21-20(25)15-7-9-16(26-3)10-8-15/h7-10,12,24H,4-6,11,13H2,1-3H3,(H,21,25). The molecule has 0 radical (unpaired) electrons. The second-order valence-electron chi connectivity index (χ2n) is 6.22. The van der Waals surface area contributed by atoms with Crippen molar-refractivity contribution in [2.24, 2.45) is 0 Å². The zero-order chi connectivity index (χ0) is 19.1. The summed E-state index contributed by atoms with van der Waals surface area (Å²) >= 11 is 0. The predicted octanol–water partition coefficient (Wildman–Crippen LogP) is 2.99. The molecule has 0 bridgehead atoms. The van der Waals surface area contributed by atoms with E-state index in [-0.39, 0.29) is 18.2 Å². The van der Waals surface area contributed by atoms with Gasteiger partial charge in [-0.1, -0.05) is 19.8 Å². The molecule has 0 saturated heterocycles. The van der Waals surface area contributed by atoms with Crippen molar-refractivity contribution in [1.82, 2.24) is 9.88 Å². The minimum atomic E-state index is -0.428. The van der Waals surface area contributed by atoms with Crippen LogP contribution in [0.1, 0.15) is 47.9 Å². The summed E-state index contributed by atoms with van der Waals surface area (Å²) in [5.41, 5.74) is 1.27. The molecule has 2 N–H and O–H groups in total. The number of amides is 1. The van der Waals surface area contributed by atoms with Gasteiger partial charge in [-0.3, -0.25) is 9.59 Å². The Kier molecular flexibility index (Phi) is 6.83. The van der Waals surface area contributed by atoms with Crippen molar-refractivity contribution in [3.05, 3.63) is 57.5 Å². The van der Waals surface area contributed by atoms with Gasteiger partial charge in [-0.2, -0.15) is 0 Å². The van der Waals surface area contributed by atoms with E-state index >= 15 is 0 Å². The molecule has 0 spiro atoms. The quantitative estimate of drug-likeness (QED) is 0.711. The van der Waals surface area contributed by atoms with E-state index in [1.807, 2.05) is 11.5 Å². The molecule has 1 aromatic carbocycles. The average molecular weight is 358 g/mol. The number of ether oxygens (including phenoxy) is 1. The summed E-state index contributed by atoms with van der Waals surface area (Å²) in [6, 6.07) is 8.17. The highest BCUT2D eigenvalue weighted by atomic mass is 16.5. The largest absolute Gasteiger partial charge is 0.503 e. The molecule has 1 aromatic heterocycles. The van der Waals surface area contributed by atoms with Crippen molar-refractivity contribution in [2.75, 3.05) is 7.11 Å². The van der Waals surface area contributed by atoms with Crippen LogP contribution in [-0.2, 0) is 13.1 Å². The zero-order valence-electron chi connectivity index (χ0n) is 15.5. The molecule has 26 heavy (non-hydrogen) atoms. The third kappa shape index (κ3) is 4.65. The first-order valence-corrected chi connectivity index (χ1v) is 8.82. The highest BCUT2D eigenvalue weighted by Crippen LogP contribution is 2.16. The summed E-state index contributed by atoms with van der Waals surface area (Å²) < 4.78 is 6.98. The van der Waals surface area contributed by atoms with Gasteiger partial charge in [0.15, 0.2) is 5.75 Å². The minimum absolute atomic E-state index is 0.0831. The van der Waals surface area contributed by atoms with E-state index < -0.39 is 5.43 Å². The molecule has 2 aromatic rings. The van der Waals surface area contributed by atoms with E-state index in [0.29, 0.717) is 23.6 Å². The Bertz CT molecular complexity index is 810. The smallest absolute Gasteiger partial charge is 0.251 e. The molecule has 0 aliphatic carbocycles. The molecular formula is C20H26N2O4. The van der Waals surface area contributed by atoms with E-state index in [4.69, 9.17) is 4.74 Å². The lowest BCUT2D eigenvalue weighted by molar-refractivity contribution is 0.0949. The molecule has 0 atom stereocenters. The number of aromatic hydroxyl groups is 1. The summed E-state index contributed by atoms with van der Waals surface area (Å²) in [5.74, 6) is 0.0888. The number of hydrogen-bond donors (Lipinski definition) is 2. The van der Waals surface area contributed by atoms with Crippen molar-refractivity contribution in [3.8, 4) is 11.5 Å². The molecule has 2 rings (SSSR count). The number of carbonyl (C=O) groups is 1. The van der Waals surface area contributed by atoms with Crippen LogP contribution in [0.5, 0.6) is 11.5 Å². The lowest BCUT2D eigenvalue weighted by atomic mass is 10.2. The fourth-order valence-corrected chi connectivity index (χ4v) is 2.84. The Morgan fingerprint density at radius 2 is 1.92 bits per heavy atom.